The number of halogens is 2. The van der Waals surface area contributed by atoms with Gasteiger partial charge in [0.2, 0.25) is 5.91 Å². The molecule has 2 atom stereocenters. The Morgan fingerprint density at radius 2 is 1.74 bits per heavy atom. The van der Waals surface area contributed by atoms with Crippen LogP contribution >= 0.6 is 0 Å². The summed E-state index contributed by atoms with van der Waals surface area (Å²) in [5, 5.41) is 3.39. The number of hydroxylamine groups is 2. The standard InChI is InChI=1S/C32H32F2N4O5/c1-20(36-13-15-37(16-14-36)27-10-9-23(33)17-26(27)34)22-7-5-21(6-8-22)19-42-28-4-2-3-24-25(28)18-38(32(24)41)43-29-11-12-30(39)35-31(29)40/h2-10,17,20,29H,11-16,18-19H2,1H3,(H,35,39,40)/t20-,29?/m1/s1. The lowest BCUT2D eigenvalue weighted by atomic mass is 10.0. The highest BCUT2D eigenvalue weighted by Gasteiger charge is 2.36. The molecule has 0 saturated carbocycles. The number of imide groups is 1. The molecule has 3 aliphatic rings. The summed E-state index contributed by atoms with van der Waals surface area (Å²) in [5.41, 5.74) is 3.69. The van der Waals surface area contributed by atoms with E-state index in [-0.39, 0.29) is 37.2 Å². The van der Waals surface area contributed by atoms with Gasteiger partial charge in [-0.05, 0) is 48.7 Å². The molecule has 0 spiro atoms. The second kappa shape index (κ2) is 12.1. The van der Waals surface area contributed by atoms with Gasteiger partial charge in [-0.1, -0.05) is 30.3 Å². The largest absolute Gasteiger partial charge is 0.489 e. The molecule has 43 heavy (non-hydrogen) atoms. The number of hydrogen-bond acceptors (Lipinski definition) is 7. The zero-order valence-corrected chi connectivity index (χ0v) is 23.7. The van der Waals surface area contributed by atoms with Gasteiger partial charge in [0.05, 0.1) is 17.8 Å². The Hall–Kier alpha value is -4.35. The Bertz CT molecular complexity index is 1540. The Morgan fingerprint density at radius 1 is 0.977 bits per heavy atom. The molecule has 0 radical (unpaired) electrons. The highest BCUT2D eigenvalue weighted by Crippen LogP contribution is 2.33. The zero-order chi connectivity index (χ0) is 30.1. The normalized spacial score (nSPS) is 19.8. The molecule has 3 aliphatic heterocycles. The van der Waals surface area contributed by atoms with Crippen molar-refractivity contribution in [2.24, 2.45) is 0 Å². The van der Waals surface area contributed by atoms with Crippen LogP contribution in [-0.2, 0) is 27.6 Å². The van der Waals surface area contributed by atoms with Crippen molar-refractivity contribution in [1.82, 2.24) is 15.3 Å². The maximum Gasteiger partial charge on any atom is 0.278 e. The Labute approximate surface area is 247 Å². The molecule has 1 unspecified atom stereocenters. The number of carbonyl (C=O) groups excluding carboxylic acids is 3. The summed E-state index contributed by atoms with van der Waals surface area (Å²) in [4.78, 5) is 46.4. The first-order valence-corrected chi connectivity index (χ1v) is 14.4. The van der Waals surface area contributed by atoms with Gasteiger partial charge >= 0.3 is 0 Å². The van der Waals surface area contributed by atoms with E-state index in [1.165, 1.54) is 12.1 Å². The fourth-order valence-electron chi connectivity index (χ4n) is 5.78. The van der Waals surface area contributed by atoms with Crippen LogP contribution in [0, 0.1) is 11.6 Å². The third-order valence-electron chi connectivity index (χ3n) is 8.30. The van der Waals surface area contributed by atoms with Crippen molar-refractivity contribution in [2.75, 3.05) is 31.1 Å². The number of piperidine rings is 1. The van der Waals surface area contributed by atoms with Crippen LogP contribution in [0.1, 0.15) is 52.9 Å². The minimum Gasteiger partial charge on any atom is -0.489 e. The SMILES string of the molecule is C[C@H](c1ccc(COc2cccc3c2CN(OC2CCC(=O)NC2=O)C3=O)cc1)N1CCN(c2ccc(F)cc2F)CC1. The molecule has 2 fully saturated rings. The topological polar surface area (TPSA) is 91.4 Å². The van der Waals surface area contributed by atoms with Gasteiger partial charge in [-0.15, -0.1) is 0 Å². The molecule has 3 heterocycles. The maximum absolute atomic E-state index is 14.2. The Kier molecular flexibility index (Phi) is 8.09. The fourth-order valence-corrected chi connectivity index (χ4v) is 5.78. The van der Waals surface area contributed by atoms with E-state index in [2.05, 4.69) is 29.3 Å². The number of nitrogens with zero attached hydrogens (tertiary/aromatic N) is 3. The van der Waals surface area contributed by atoms with Crippen molar-refractivity contribution >= 4 is 23.4 Å². The van der Waals surface area contributed by atoms with E-state index in [9.17, 15) is 23.2 Å². The number of anilines is 1. The van der Waals surface area contributed by atoms with Gasteiger partial charge in [-0.3, -0.25) is 29.4 Å². The molecule has 11 heteroatoms. The van der Waals surface area contributed by atoms with Crippen molar-refractivity contribution in [3.8, 4) is 5.75 Å². The summed E-state index contributed by atoms with van der Waals surface area (Å²) in [6.07, 6.45) is -0.523. The molecule has 3 aromatic rings. The first-order chi connectivity index (χ1) is 20.8. The molecule has 3 aromatic carbocycles. The lowest BCUT2D eigenvalue weighted by molar-refractivity contribution is -0.183. The fraction of sp³-hybridized carbons (Fsp3) is 0.344. The summed E-state index contributed by atoms with van der Waals surface area (Å²) >= 11 is 0. The van der Waals surface area contributed by atoms with Gasteiger partial charge in [-0.25, -0.2) is 13.8 Å². The van der Waals surface area contributed by atoms with Crippen LogP contribution < -0.4 is 15.0 Å². The quantitative estimate of drug-likeness (QED) is 0.395. The van der Waals surface area contributed by atoms with Crippen LogP contribution in [0.5, 0.6) is 5.75 Å². The average Bonchev–Trinajstić information content (AvgIpc) is 3.33. The first kappa shape index (κ1) is 28.8. The minimum atomic E-state index is -0.900. The molecule has 0 bridgehead atoms. The van der Waals surface area contributed by atoms with E-state index < -0.39 is 23.6 Å². The number of hydrogen-bond donors (Lipinski definition) is 1. The Balaban J connectivity index is 1.03. The molecule has 0 aromatic heterocycles. The van der Waals surface area contributed by atoms with Crippen molar-refractivity contribution in [2.45, 2.75) is 45.1 Å². The van der Waals surface area contributed by atoms with E-state index in [0.29, 0.717) is 42.3 Å². The van der Waals surface area contributed by atoms with E-state index >= 15 is 0 Å². The number of nitrogens with one attached hydrogen (secondary N) is 1. The van der Waals surface area contributed by atoms with Crippen LogP contribution in [0.15, 0.2) is 60.7 Å². The molecule has 224 valence electrons. The number of rotatable bonds is 8. The predicted molar refractivity (Wildman–Crippen MR) is 153 cm³/mol. The third kappa shape index (κ3) is 6.09. The molecule has 0 aliphatic carbocycles. The van der Waals surface area contributed by atoms with E-state index in [4.69, 9.17) is 9.57 Å². The maximum atomic E-state index is 14.2. The monoisotopic (exact) mass is 590 g/mol. The van der Waals surface area contributed by atoms with Crippen LogP contribution in [0.25, 0.3) is 0 Å². The lowest BCUT2D eigenvalue weighted by Gasteiger charge is -2.39. The summed E-state index contributed by atoms with van der Waals surface area (Å²) in [7, 11) is 0. The van der Waals surface area contributed by atoms with Gasteiger partial charge in [0, 0.05) is 50.3 Å². The molecular formula is C32H32F2N4O5. The molecule has 9 nitrogen and oxygen atoms in total. The van der Waals surface area contributed by atoms with Crippen LogP contribution in [0.3, 0.4) is 0 Å². The number of ether oxygens (including phenoxy) is 1. The van der Waals surface area contributed by atoms with E-state index in [1.54, 1.807) is 18.2 Å². The van der Waals surface area contributed by atoms with Crippen molar-refractivity contribution < 1.29 is 32.7 Å². The number of carbonyl (C=O) groups is 3. The third-order valence-corrected chi connectivity index (χ3v) is 8.30. The van der Waals surface area contributed by atoms with Crippen LogP contribution in [-0.4, -0.2) is 60.0 Å². The van der Waals surface area contributed by atoms with Crippen molar-refractivity contribution in [1.29, 1.82) is 0 Å². The number of fused-ring (bicyclic) bond motifs is 1. The van der Waals surface area contributed by atoms with Gasteiger partial charge < -0.3 is 9.64 Å². The molecule has 2 saturated heterocycles. The Morgan fingerprint density at radius 3 is 2.47 bits per heavy atom. The van der Waals surface area contributed by atoms with Crippen LogP contribution in [0.4, 0.5) is 14.5 Å². The lowest BCUT2D eigenvalue weighted by Crippen LogP contribution is -2.47. The van der Waals surface area contributed by atoms with E-state index in [0.717, 1.165) is 35.3 Å². The number of amides is 3. The molecule has 1 N–H and O–H groups in total. The zero-order valence-electron chi connectivity index (χ0n) is 23.7. The second-order valence-corrected chi connectivity index (χ2v) is 11.0. The summed E-state index contributed by atoms with van der Waals surface area (Å²) in [6, 6.07) is 17.3. The second-order valence-electron chi connectivity index (χ2n) is 11.0. The highest BCUT2D eigenvalue weighted by molar-refractivity contribution is 6.00. The number of piperazine rings is 1. The minimum absolute atomic E-state index is 0.138. The predicted octanol–water partition coefficient (Wildman–Crippen LogP) is 4.12. The molecular weight excluding hydrogens is 558 g/mol. The van der Waals surface area contributed by atoms with E-state index in [1.807, 2.05) is 17.0 Å². The molecule has 3 amide bonds. The van der Waals surface area contributed by atoms with Gasteiger partial charge in [0.1, 0.15) is 24.0 Å². The molecule has 6 rings (SSSR count). The van der Waals surface area contributed by atoms with Crippen LogP contribution in [0.2, 0.25) is 0 Å². The summed E-state index contributed by atoms with van der Waals surface area (Å²) in [5.74, 6) is -1.80. The average molecular weight is 591 g/mol. The van der Waals surface area contributed by atoms with Crippen molar-refractivity contribution in [3.63, 3.8) is 0 Å². The van der Waals surface area contributed by atoms with Gasteiger partial charge in [0.15, 0.2) is 6.10 Å². The highest BCUT2D eigenvalue weighted by atomic mass is 19.1. The summed E-state index contributed by atoms with van der Waals surface area (Å²) in [6.45, 7) is 5.40. The van der Waals surface area contributed by atoms with Gasteiger partial charge in [0.25, 0.3) is 11.8 Å². The number of benzene rings is 3. The summed E-state index contributed by atoms with van der Waals surface area (Å²) < 4.78 is 33.6. The van der Waals surface area contributed by atoms with Gasteiger partial charge in [-0.2, -0.15) is 0 Å². The smallest absolute Gasteiger partial charge is 0.278 e. The first-order valence-electron chi connectivity index (χ1n) is 14.4. The van der Waals surface area contributed by atoms with Crippen molar-refractivity contribution in [3.05, 3.63) is 94.6 Å².